The van der Waals surface area contributed by atoms with Crippen LogP contribution in [-0.2, 0) is 0 Å². The second kappa shape index (κ2) is 5.46. The van der Waals surface area contributed by atoms with Gasteiger partial charge in [0.2, 0.25) is 0 Å². The first-order valence-corrected chi connectivity index (χ1v) is 7.31. The average Bonchev–Trinajstić information content (AvgIpc) is 2.96. The molecule has 0 aliphatic heterocycles. The summed E-state index contributed by atoms with van der Waals surface area (Å²) >= 11 is 0. The Morgan fingerprint density at radius 2 is 1.74 bits per heavy atom. The lowest BCUT2D eigenvalue weighted by molar-refractivity contribution is 1.13. The highest BCUT2D eigenvalue weighted by atomic mass is 15.1. The normalized spacial score (nSPS) is 10.8. The van der Waals surface area contributed by atoms with Crippen molar-refractivity contribution in [1.29, 1.82) is 0 Å². The molecule has 0 unspecified atom stereocenters. The maximum Gasteiger partial charge on any atom is 0.157 e. The zero-order chi connectivity index (χ0) is 15.6. The molecule has 0 radical (unpaired) electrons. The molecule has 23 heavy (non-hydrogen) atoms. The topological polar surface area (TPSA) is 68.2 Å². The Hall–Kier alpha value is -3.34. The molecule has 0 saturated carbocycles. The predicted molar refractivity (Wildman–Crippen MR) is 92.6 cm³/mol. The fourth-order valence-electron chi connectivity index (χ4n) is 2.53. The van der Waals surface area contributed by atoms with Crippen molar-refractivity contribution >= 4 is 22.8 Å². The number of nitrogens with one attached hydrogen (secondary N) is 1. The summed E-state index contributed by atoms with van der Waals surface area (Å²) in [5.41, 5.74) is 10.2. The highest BCUT2D eigenvalue weighted by molar-refractivity contribution is 5.79. The SMILES string of the molecule is Nc1ccc(Nc2c(-c3ccccc3)nc3cnccn23)cc1. The molecule has 0 aliphatic carbocycles. The zero-order valence-corrected chi connectivity index (χ0v) is 12.3. The van der Waals surface area contributed by atoms with E-state index in [0.29, 0.717) is 0 Å². The molecule has 0 saturated heterocycles. The van der Waals surface area contributed by atoms with Gasteiger partial charge in [0.25, 0.3) is 0 Å². The Labute approximate surface area is 133 Å². The van der Waals surface area contributed by atoms with Crippen LogP contribution < -0.4 is 11.1 Å². The molecule has 0 fully saturated rings. The minimum atomic E-state index is 0.737. The molecule has 2 aromatic carbocycles. The summed E-state index contributed by atoms with van der Waals surface area (Å²) in [5.74, 6) is 0.901. The third-order valence-electron chi connectivity index (χ3n) is 3.65. The van der Waals surface area contributed by atoms with E-state index in [9.17, 15) is 0 Å². The number of nitrogen functional groups attached to an aromatic ring is 1. The molecule has 2 heterocycles. The summed E-state index contributed by atoms with van der Waals surface area (Å²) in [7, 11) is 0. The van der Waals surface area contributed by atoms with E-state index in [-0.39, 0.29) is 0 Å². The van der Waals surface area contributed by atoms with Gasteiger partial charge < -0.3 is 11.1 Å². The second-order valence-electron chi connectivity index (χ2n) is 5.23. The summed E-state index contributed by atoms with van der Waals surface area (Å²) in [4.78, 5) is 8.86. The number of aromatic nitrogens is 3. The molecule has 0 amide bonds. The number of anilines is 3. The summed E-state index contributed by atoms with van der Waals surface area (Å²) in [6, 6.07) is 17.7. The summed E-state index contributed by atoms with van der Waals surface area (Å²) in [6.07, 6.45) is 5.40. The number of hydrogen-bond donors (Lipinski definition) is 2. The largest absolute Gasteiger partial charge is 0.399 e. The first kappa shape index (κ1) is 13.3. The number of benzene rings is 2. The fourth-order valence-corrected chi connectivity index (χ4v) is 2.53. The summed E-state index contributed by atoms with van der Waals surface area (Å²) in [5, 5.41) is 3.44. The van der Waals surface area contributed by atoms with Gasteiger partial charge in [-0.2, -0.15) is 0 Å². The molecule has 0 aliphatic rings. The van der Waals surface area contributed by atoms with Gasteiger partial charge in [-0.15, -0.1) is 0 Å². The van der Waals surface area contributed by atoms with Crippen LogP contribution in [0.15, 0.2) is 73.2 Å². The molecule has 0 bridgehead atoms. The number of fused-ring (bicyclic) bond motifs is 1. The van der Waals surface area contributed by atoms with E-state index in [4.69, 9.17) is 10.7 Å². The smallest absolute Gasteiger partial charge is 0.157 e. The monoisotopic (exact) mass is 301 g/mol. The molecule has 5 heteroatoms. The van der Waals surface area contributed by atoms with Gasteiger partial charge in [-0.05, 0) is 24.3 Å². The zero-order valence-electron chi connectivity index (χ0n) is 12.3. The molecular formula is C18H15N5. The van der Waals surface area contributed by atoms with E-state index in [1.165, 1.54) is 0 Å². The molecule has 4 aromatic rings. The highest BCUT2D eigenvalue weighted by Gasteiger charge is 2.14. The van der Waals surface area contributed by atoms with Crippen molar-refractivity contribution < 1.29 is 0 Å². The standard InChI is InChI=1S/C18H15N5/c19-14-6-8-15(9-7-14)21-18-17(13-4-2-1-3-5-13)22-16-12-20-10-11-23(16)18/h1-12,21H,19H2. The van der Waals surface area contributed by atoms with Crippen LogP contribution in [0, 0.1) is 0 Å². The van der Waals surface area contributed by atoms with Crippen LogP contribution in [0.1, 0.15) is 0 Å². The van der Waals surface area contributed by atoms with Gasteiger partial charge >= 0.3 is 0 Å². The predicted octanol–water partition coefficient (Wildman–Crippen LogP) is 3.72. The Morgan fingerprint density at radius 3 is 2.52 bits per heavy atom. The van der Waals surface area contributed by atoms with Crippen LogP contribution in [0.5, 0.6) is 0 Å². The van der Waals surface area contributed by atoms with E-state index in [1.54, 1.807) is 12.4 Å². The number of imidazole rings is 1. The van der Waals surface area contributed by atoms with E-state index in [2.05, 4.69) is 10.3 Å². The minimum Gasteiger partial charge on any atom is -0.399 e. The van der Waals surface area contributed by atoms with Crippen LogP contribution in [0.25, 0.3) is 16.9 Å². The van der Waals surface area contributed by atoms with E-state index in [1.807, 2.05) is 65.2 Å². The lowest BCUT2D eigenvalue weighted by Crippen LogP contribution is -1.97. The van der Waals surface area contributed by atoms with Crippen molar-refractivity contribution in [3.05, 3.63) is 73.2 Å². The van der Waals surface area contributed by atoms with Crippen molar-refractivity contribution in [2.45, 2.75) is 0 Å². The third-order valence-corrected chi connectivity index (χ3v) is 3.65. The molecule has 4 rings (SSSR count). The number of hydrogen-bond acceptors (Lipinski definition) is 4. The van der Waals surface area contributed by atoms with Gasteiger partial charge in [0.1, 0.15) is 11.5 Å². The van der Waals surface area contributed by atoms with Gasteiger partial charge in [0, 0.05) is 29.3 Å². The average molecular weight is 301 g/mol. The van der Waals surface area contributed by atoms with Crippen LogP contribution in [-0.4, -0.2) is 14.4 Å². The van der Waals surface area contributed by atoms with Crippen molar-refractivity contribution in [3.63, 3.8) is 0 Å². The van der Waals surface area contributed by atoms with Crippen LogP contribution in [0.4, 0.5) is 17.2 Å². The van der Waals surface area contributed by atoms with Gasteiger partial charge in [-0.25, -0.2) is 4.98 Å². The third kappa shape index (κ3) is 2.48. The number of nitrogens with two attached hydrogens (primary N) is 1. The minimum absolute atomic E-state index is 0.737. The van der Waals surface area contributed by atoms with Crippen LogP contribution >= 0.6 is 0 Å². The summed E-state index contributed by atoms with van der Waals surface area (Å²) in [6.45, 7) is 0. The Kier molecular flexibility index (Phi) is 3.16. The van der Waals surface area contributed by atoms with E-state index in [0.717, 1.165) is 34.1 Å². The molecule has 0 atom stereocenters. The fraction of sp³-hybridized carbons (Fsp3) is 0. The van der Waals surface area contributed by atoms with Gasteiger partial charge in [0.15, 0.2) is 5.65 Å². The molecular weight excluding hydrogens is 286 g/mol. The van der Waals surface area contributed by atoms with Crippen molar-refractivity contribution in [2.75, 3.05) is 11.1 Å². The Morgan fingerprint density at radius 1 is 0.957 bits per heavy atom. The van der Waals surface area contributed by atoms with Gasteiger partial charge in [0.05, 0.1) is 6.20 Å². The van der Waals surface area contributed by atoms with Gasteiger partial charge in [-0.1, -0.05) is 30.3 Å². The molecule has 0 spiro atoms. The van der Waals surface area contributed by atoms with E-state index >= 15 is 0 Å². The maximum atomic E-state index is 5.76. The van der Waals surface area contributed by atoms with Gasteiger partial charge in [-0.3, -0.25) is 9.38 Å². The highest BCUT2D eigenvalue weighted by Crippen LogP contribution is 2.30. The Balaban J connectivity index is 1.87. The van der Waals surface area contributed by atoms with Crippen LogP contribution in [0.2, 0.25) is 0 Å². The maximum absolute atomic E-state index is 5.76. The van der Waals surface area contributed by atoms with Crippen molar-refractivity contribution in [1.82, 2.24) is 14.4 Å². The second-order valence-corrected chi connectivity index (χ2v) is 5.23. The Bertz CT molecular complexity index is 942. The van der Waals surface area contributed by atoms with E-state index < -0.39 is 0 Å². The molecule has 3 N–H and O–H groups in total. The first-order valence-electron chi connectivity index (χ1n) is 7.31. The van der Waals surface area contributed by atoms with Crippen molar-refractivity contribution in [2.24, 2.45) is 0 Å². The lowest BCUT2D eigenvalue weighted by Gasteiger charge is -2.09. The molecule has 112 valence electrons. The number of nitrogens with zero attached hydrogens (tertiary/aromatic N) is 3. The summed E-state index contributed by atoms with van der Waals surface area (Å²) < 4.78 is 1.99. The lowest BCUT2D eigenvalue weighted by atomic mass is 10.1. The molecule has 2 aromatic heterocycles. The quantitative estimate of drug-likeness (QED) is 0.566. The van der Waals surface area contributed by atoms with Crippen LogP contribution in [0.3, 0.4) is 0 Å². The first-order chi connectivity index (χ1) is 11.3. The number of rotatable bonds is 3. The van der Waals surface area contributed by atoms with Crippen molar-refractivity contribution in [3.8, 4) is 11.3 Å². The molecule has 5 nitrogen and oxygen atoms in total.